The van der Waals surface area contributed by atoms with Crippen molar-refractivity contribution in [2.24, 2.45) is 5.92 Å². The summed E-state index contributed by atoms with van der Waals surface area (Å²) in [6.07, 6.45) is -0.754. The molecule has 0 aromatic carbocycles. The van der Waals surface area contributed by atoms with Gasteiger partial charge in [-0.15, -0.1) is 10.2 Å². The summed E-state index contributed by atoms with van der Waals surface area (Å²) in [7, 11) is 0. The quantitative estimate of drug-likeness (QED) is 0.924. The molecule has 1 atom stereocenters. The number of aryl methyl sites for hydroxylation is 1. The Morgan fingerprint density at radius 1 is 1.26 bits per heavy atom. The molecule has 1 aliphatic carbocycles. The van der Waals surface area contributed by atoms with Crippen LogP contribution in [-0.2, 0) is 24.2 Å². The van der Waals surface area contributed by atoms with Gasteiger partial charge in [0.15, 0.2) is 5.82 Å². The lowest BCUT2D eigenvalue weighted by Crippen LogP contribution is -2.34. The predicted molar refractivity (Wildman–Crippen MR) is 73.5 cm³/mol. The van der Waals surface area contributed by atoms with Crippen LogP contribution in [0.5, 0.6) is 0 Å². The third kappa shape index (κ3) is 3.76. The molecule has 0 bridgehead atoms. The first-order valence-electron chi connectivity index (χ1n) is 7.85. The number of aromatic nitrogens is 3. The molecule has 6 nitrogen and oxygen atoms in total. The van der Waals surface area contributed by atoms with Crippen molar-refractivity contribution < 1.29 is 22.7 Å². The number of carbonyl (C=O) groups excluding carboxylic acids is 1. The summed E-state index contributed by atoms with van der Waals surface area (Å²) in [6.45, 7) is -0.177. The van der Waals surface area contributed by atoms with Gasteiger partial charge in [-0.25, -0.2) is 4.79 Å². The Morgan fingerprint density at radius 3 is 2.70 bits per heavy atom. The third-order valence-electron chi connectivity index (χ3n) is 4.45. The standard InChI is InChI=1S/C14H19F3N4O2/c15-14(16,17)9-5-6-11-19-20-12(21(11)8-9)7-18-13(22)23-10-3-1-2-4-10/h9-10H,1-8H2,(H,18,22)/t9-/m1/s1. The number of nitrogens with zero attached hydrogens (tertiary/aromatic N) is 3. The van der Waals surface area contributed by atoms with Crippen molar-refractivity contribution in [3.05, 3.63) is 11.6 Å². The van der Waals surface area contributed by atoms with E-state index in [1.807, 2.05) is 0 Å². The van der Waals surface area contributed by atoms with E-state index in [1.165, 1.54) is 4.57 Å². The Kier molecular flexibility index (Phi) is 4.45. The molecule has 1 fully saturated rings. The Bertz CT molecular complexity index is 567. The minimum absolute atomic E-state index is 0.0170. The van der Waals surface area contributed by atoms with Crippen molar-refractivity contribution in [3.63, 3.8) is 0 Å². The highest BCUT2D eigenvalue weighted by molar-refractivity contribution is 5.67. The topological polar surface area (TPSA) is 69.0 Å². The number of ether oxygens (including phenoxy) is 1. The van der Waals surface area contributed by atoms with Crippen LogP contribution in [0.4, 0.5) is 18.0 Å². The van der Waals surface area contributed by atoms with E-state index in [4.69, 9.17) is 4.74 Å². The summed E-state index contributed by atoms with van der Waals surface area (Å²) in [5, 5.41) is 10.4. The fraction of sp³-hybridized carbons (Fsp3) is 0.786. The van der Waals surface area contributed by atoms with E-state index in [1.54, 1.807) is 0 Å². The summed E-state index contributed by atoms with van der Waals surface area (Å²) < 4.78 is 45.3. The highest BCUT2D eigenvalue weighted by Crippen LogP contribution is 2.34. The van der Waals surface area contributed by atoms with Gasteiger partial charge in [0.2, 0.25) is 0 Å². The zero-order valence-corrected chi connectivity index (χ0v) is 12.6. The zero-order valence-electron chi connectivity index (χ0n) is 12.6. The van der Waals surface area contributed by atoms with Gasteiger partial charge < -0.3 is 14.6 Å². The maximum atomic E-state index is 12.9. The second-order valence-corrected chi connectivity index (χ2v) is 6.09. The number of alkyl carbamates (subject to hydrolysis) is 1. The number of fused-ring (bicyclic) bond motifs is 1. The van der Waals surface area contributed by atoms with Gasteiger partial charge in [-0.3, -0.25) is 0 Å². The number of nitrogens with one attached hydrogen (secondary N) is 1. The number of hydrogen-bond donors (Lipinski definition) is 1. The smallest absolute Gasteiger partial charge is 0.407 e. The molecule has 1 N–H and O–H groups in total. The maximum absolute atomic E-state index is 12.9. The normalized spacial score (nSPS) is 22.0. The first kappa shape index (κ1) is 16.1. The summed E-state index contributed by atoms with van der Waals surface area (Å²) in [5.41, 5.74) is 0. The van der Waals surface area contributed by atoms with Gasteiger partial charge in [0.1, 0.15) is 11.9 Å². The maximum Gasteiger partial charge on any atom is 0.407 e. The number of halogens is 3. The number of hydrogen-bond acceptors (Lipinski definition) is 4. The Balaban J connectivity index is 1.57. The van der Waals surface area contributed by atoms with Crippen LogP contribution in [0.2, 0.25) is 0 Å². The highest BCUT2D eigenvalue weighted by Gasteiger charge is 2.42. The molecule has 1 aliphatic heterocycles. The van der Waals surface area contributed by atoms with Crippen LogP contribution in [0, 0.1) is 5.92 Å². The van der Waals surface area contributed by atoms with E-state index >= 15 is 0 Å². The van der Waals surface area contributed by atoms with Crippen molar-refractivity contribution in [2.75, 3.05) is 0 Å². The second-order valence-electron chi connectivity index (χ2n) is 6.09. The van der Waals surface area contributed by atoms with E-state index in [0.29, 0.717) is 11.6 Å². The molecule has 1 aromatic heterocycles. The van der Waals surface area contributed by atoms with E-state index < -0.39 is 18.2 Å². The SMILES string of the molecule is O=C(NCc1nnc2n1C[C@H](C(F)(F)F)CC2)OC1CCCC1. The first-order chi connectivity index (χ1) is 10.9. The molecule has 0 saturated heterocycles. The number of rotatable bonds is 3. The van der Waals surface area contributed by atoms with E-state index in [-0.39, 0.29) is 32.0 Å². The largest absolute Gasteiger partial charge is 0.446 e. The Labute approximate surface area is 131 Å². The fourth-order valence-corrected chi connectivity index (χ4v) is 3.13. The van der Waals surface area contributed by atoms with Crippen LogP contribution in [0.15, 0.2) is 0 Å². The molecular weight excluding hydrogens is 313 g/mol. The van der Waals surface area contributed by atoms with Crippen molar-refractivity contribution in [1.29, 1.82) is 0 Å². The average Bonchev–Trinajstić information content (AvgIpc) is 3.13. The van der Waals surface area contributed by atoms with Crippen molar-refractivity contribution in [2.45, 2.75) is 63.9 Å². The molecule has 9 heteroatoms. The van der Waals surface area contributed by atoms with Crippen LogP contribution in [0.25, 0.3) is 0 Å². The number of amides is 1. The van der Waals surface area contributed by atoms with Crippen LogP contribution in [-0.4, -0.2) is 33.1 Å². The fourth-order valence-electron chi connectivity index (χ4n) is 3.13. The van der Waals surface area contributed by atoms with Crippen molar-refractivity contribution in [1.82, 2.24) is 20.1 Å². The van der Waals surface area contributed by atoms with Crippen molar-refractivity contribution >= 4 is 6.09 Å². The average molecular weight is 332 g/mol. The van der Waals surface area contributed by atoms with Gasteiger partial charge >= 0.3 is 12.3 Å². The molecule has 0 spiro atoms. The second kappa shape index (κ2) is 6.37. The molecule has 0 radical (unpaired) electrons. The molecule has 2 heterocycles. The van der Waals surface area contributed by atoms with Gasteiger partial charge in [0, 0.05) is 13.0 Å². The van der Waals surface area contributed by atoms with E-state index in [0.717, 1.165) is 25.7 Å². The summed E-state index contributed by atoms with van der Waals surface area (Å²) in [6, 6.07) is 0. The van der Waals surface area contributed by atoms with Crippen LogP contribution in [0.3, 0.4) is 0 Å². The Hall–Kier alpha value is -1.80. The molecular formula is C14H19F3N4O2. The lowest BCUT2D eigenvalue weighted by molar-refractivity contribution is -0.182. The highest BCUT2D eigenvalue weighted by atomic mass is 19.4. The third-order valence-corrected chi connectivity index (χ3v) is 4.45. The molecule has 3 rings (SSSR count). The minimum atomic E-state index is -4.23. The van der Waals surface area contributed by atoms with Gasteiger partial charge in [0.25, 0.3) is 0 Å². The van der Waals surface area contributed by atoms with Gasteiger partial charge in [-0.1, -0.05) is 0 Å². The molecule has 2 aliphatic rings. The molecule has 0 unspecified atom stereocenters. The Morgan fingerprint density at radius 2 is 2.00 bits per heavy atom. The lowest BCUT2D eigenvalue weighted by atomic mass is 9.99. The van der Waals surface area contributed by atoms with Gasteiger partial charge in [-0.2, -0.15) is 13.2 Å². The molecule has 1 aromatic rings. The van der Waals surface area contributed by atoms with Crippen molar-refractivity contribution in [3.8, 4) is 0 Å². The zero-order chi connectivity index (χ0) is 16.4. The lowest BCUT2D eigenvalue weighted by Gasteiger charge is -2.26. The van der Waals surface area contributed by atoms with Crippen LogP contribution in [0.1, 0.15) is 43.8 Å². The molecule has 1 amide bonds. The monoisotopic (exact) mass is 332 g/mol. The van der Waals surface area contributed by atoms with Crippen LogP contribution < -0.4 is 5.32 Å². The molecule has 1 saturated carbocycles. The van der Waals surface area contributed by atoms with Crippen LogP contribution >= 0.6 is 0 Å². The number of carbonyl (C=O) groups is 1. The van der Waals surface area contributed by atoms with E-state index in [2.05, 4.69) is 15.5 Å². The molecule has 128 valence electrons. The minimum Gasteiger partial charge on any atom is -0.446 e. The first-order valence-corrected chi connectivity index (χ1v) is 7.85. The molecule has 23 heavy (non-hydrogen) atoms. The van der Waals surface area contributed by atoms with Gasteiger partial charge in [-0.05, 0) is 32.1 Å². The van der Waals surface area contributed by atoms with E-state index in [9.17, 15) is 18.0 Å². The van der Waals surface area contributed by atoms with Gasteiger partial charge in [0.05, 0.1) is 12.5 Å². The summed E-state index contributed by atoms with van der Waals surface area (Å²) >= 11 is 0. The predicted octanol–water partition coefficient (Wildman–Crippen LogP) is 2.57. The summed E-state index contributed by atoms with van der Waals surface area (Å²) in [4.78, 5) is 11.7. The number of alkyl halides is 3. The summed E-state index contributed by atoms with van der Waals surface area (Å²) in [5.74, 6) is -0.529.